The van der Waals surface area contributed by atoms with Crippen LogP contribution in [-0.4, -0.2) is 0 Å². The zero-order chi connectivity index (χ0) is 38.7. The molecule has 2 heteroatoms. The van der Waals surface area contributed by atoms with Crippen molar-refractivity contribution in [3.8, 4) is 11.1 Å². The molecule has 0 spiro atoms. The molecule has 2 nitrogen and oxygen atoms in total. The molecule has 0 radical (unpaired) electrons. The molecule has 10 rings (SSSR count). The van der Waals surface area contributed by atoms with Gasteiger partial charge in [-0.2, -0.15) is 0 Å². The van der Waals surface area contributed by atoms with Crippen molar-refractivity contribution < 1.29 is 0 Å². The molecule has 0 heterocycles. The van der Waals surface area contributed by atoms with Gasteiger partial charge in [0.2, 0.25) is 0 Å². The maximum Gasteiger partial charge on any atom is 0.0540 e. The van der Waals surface area contributed by atoms with Gasteiger partial charge in [-0.15, -0.1) is 0 Å². The fraction of sp³-hybridized carbons (Fsp3) is 0.250. The molecule has 7 aromatic carbocycles. The van der Waals surface area contributed by atoms with E-state index in [1.165, 1.54) is 136 Å². The third kappa shape index (κ3) is 7.37. The normalized spacial score (nSPS) is 16.1. The molecule has 2 fully saturated rings. The zero-order valence-corrected chi connectivity index (χ0v) is 33.7. The first-order valence-electron chi connectivity index (χ1n) is 22.0. The molecule has 0 saturated heterocycles. The lowest BCUT2D eigenvalue weighted by molar-refractivity contribution is 0.443. The van der Waals surface area contributed by atoms with E-state index in [-0.39, 0.29) is 0 Å². The van der Waals surface area contributed by atoms with Crippen molar-refractivity contribution in [3.63, 3.8) is 0 Å². The van der Waals surface area contributed by atoms with Gasteiger partial charge in [-0.3, -0.25) is 0 Å². The maximum absolute atomic E-state index is 2.52. The average molecular weight is 755 g/mol. The molecule has 0 aromatic heterocycles. The first-order chi connectivity index (χ1) is 28.8. The Morgan fingerprint density at radius 1 is 0.397 bits per heavy atom. The Morgan fingerprint density at radius 2 is 0.879 bits per heavy atom. The summed E-state index contributed by atoms with van der Waals surface area (Å²) in [5.41, 5.74) is 12.8. The molecule has 0 amide bonds. The Hall–Kier alpha value is -5.86. The molecular weight excluding hydrogens is 701 g/mol. The predicted molar refractivity (Wildman–Crippen MR) is 247 cm³/mol. The third-order valence-electron chi connectivity index (χ3n) is 13.3. The number of hydrogen-bond acceptors (Lipinski definition) is 2. The Bertz CT molecular complexity index is 2600. The smallest absolute Gasteiger partial charge is 0.0540 e. The van der Waals surface area contributed by atoms with E-state index in [0.29, 0.717) is 11.8 Å². The number of fused-ring (bicyclic) bond motifs is 2. The SMILES string of the molecule is C1=c2ccccc2=C(N(c2ccc(-c3ccc(N(c4ccc(C5CCCCC5)cc4)c4cccc5ccccc45)cc3)cc2)c2ccc(C3CCCCC3)cc2)CC1. The van der Waals surface area contributed by atoms with Crippen LogP contribution in [0, 0.1) is 0 Å². The summed E-state index contributed by atoms with van der Waals surface area (Å²) in [6.07, 6.45) is 17.9. The summed E-state index contributed by atoms with van der Waals surface area (Å²) in [6, 6.07) is 61.8. The maximum atomic E-state index is 2.52. The summed E-state index contributed by atoms with van der Waals surface area (Å²) in [5.74, 6) is 1.39. The summed E-state index contributed by atoms with van der Waals surface area (Å²) in [5, 5.41) is 5.18. The van der Waals surface area contributed by atoms with E-state index in [9.17, 15) is 0 Å². The van der Waals surface area contributed by atoms with Crippen LogP contribution >= 0.6 is 0 Å². The molecule has 288 valence electrons. The Morgan fingerprint density at radius 3 is 1.47 bits per heavy atom. The summed E-state index contributed by atoms with van der Waals surface area (Å²) >= 11 is 0. The minimum absolute atomic E-state index is 0.689. The molecule has 0 bridgehead atoms. The molecule has 3 aliphatic rings. The average Bonchev–Trinajstić information content (AvgIpc) is 3.31. The Balaban J connectivity index is 0.984. The largest absolute Gasteiger partial charge is 0.314 e. The lowest BCUT2D eigenvalue weighted by Crippen LogP contribution is -2.34. The van der Waals surface area contributed by atoms with Crippen molar-refractivity contribution in [1.29, 1.82) is 0 Å². The highest BCUT2D eigenvalue weighted by atomic mass is 15.2. The van der Waals surface area contributed by atoms with Crippen LogP contribution in [0.2, 0.25) is 0 Å². The fourth-order valence-corrected chi connectivity index (χ4v) is 10.2. The van der Waals surface area contributed by atoms with Gasteiger partial charge in [0.25, 0.3) is 0 Å². The third-order valence-corrected chi connectivity index (χ3v) is 13.3. The number of rotatable bonds is 9. The first-order valence-corrected chi connectivity index (χ1v) is 22.0. The molecule has 0 unspecified atom stereocenters. The lowest BCUT2D eigenvalue weighted by atomic mass is 9.84. The molecule has 7 aromatic rings. The van der Waals surface area contributed by atoms with Crippen LogP contribution < -0.4 is 20.2 Å². The van der Waals surface area contributed by atoms with Crippen molar-refractivity contribution >= 4 is 51.0 Å². The van der Waals surface area contributed by atoms with Gasteiger partial charge in [-0.05, 0) is 138 Å². The van der Waals surface area contributed by atoms with E-state index in [1.54, 1.807) is 0 Å². The van der Waals surface area contributed by atoms with Gasteiger partial charge < -0.3 is 9.80 Å². The van der Waals surface area contributed by atoms with E-state index >= 15 is 0 Å². The van der Waals surface area contributed by atoms with Crippen molar-refractivity contribution in [1.82, 2.24) is 0 Å². The second-order valence-corrected chi connectivity index (χ2v) is 16.9. The van der Waals surface area contributed by atoms with E-state index in [4.69, 9.17) is 0 Å². The van der Waals surface area contributed by atoms with Gasteiger partial charge in [0, 0.05) is 39.1 Å². The van der Waals surface area contributed by atoms with Crippen LogP contribution in [-0.2, 0) is 0 Å². The number of anilines is 5. The number of nitrogens with zero attached hydrogens (tertiary/aromatic N) is 2. The molecule has 2 saturated carbocycles. The molecule has 0 atom stereocenters. The molecule has 3 aliphatic carbocycles. The van der Waals surface area contributed by atoms with Crippen molar-refractivity contribution in [2.45, 2.75) is 88.9 Å². The van der Waals surface area contributed by atoms with Crippen LogP contribution in [0.5, 0.6) is 0 Å². The monoisotopic (exact) mass is 754 g/mol. The highest BCUT2D eigenvalue weighted by Crippen LogP contribution is 2.42. The predicted octanol–water partition coefficient (Wildman–Crippen LogP) is 14.6. The zero-order valence-electron chi connectivity index (χ0n) is 33.7. The molecule has 0 aliphatic heterocycles. The van der Waals surface area contributed by atoms with Gasteiger partial charge in [0.1, 0.15) is 0 Å². The number of hydrogen-bond donors (Lipinski definition) is 0. The molecular formula is C56H54N2. The van der Waals surface area contributed by atoms with Crippen LogP contribution in [0.1, 0.15) is 100 Å². The van der Waals surface area contributed by atoms with E-state index in [0.717, 1.165) is 18.5 Å². The fourth-order valence-electron chi connectivity index (χ4n) is 10.2. The van der Waals surface area contributed by atoms with Crippen LogP contribution in [0.25, 0.3) is 33.7 Å². The second kappa shape index (κ2) is 16.5. The van der Waals surface area contributed by atoms with Gasteiger partial charge in [-0.1, -0.05) is 154 Å². The lowest BCUT2D eigenvalue weighted by Gasteiger charge is -2.30. The molecule has 58 heavy (non-hydrogen) atoms. The number of benzene rings is 7. The van der Waals surface area contributed by atoms with Crippen molar-refractivity contribution in [2.24, 2.45) is 0 Å². The summed E-state index contributed by atoms with van der Waals surface area (Å²) in [4.78, 5) is 4.96. The highest BCUT2D eigenvalue weighted by Gasteiger charge is 2.22. The Labute approximate surface area is 344 Å². The summed E-state index contributed by atoms with van der Waals surface area (Å²) < 4.78 is 0. The van der Waals surface area contributed by atoms with Crippen molar-refractivity contribution in [3.05, 3.63) is 185 Å². The topological polar surface area (TPSA) is 6.48 Å². The van der Waals surface area contributed by atoms with Gasteiger partial charge in [0.05, 0.1) is 5.69 Å². The minimum atomic E-state index is 0.689. The van der Waals surface area contributed by atoms with E-state index < -0.39 is 0 Å². The van der Waals surface area contributed by atoms with Crippen LogP contribution in [0.3, 0.4) is 0 Å². The van der Waals surface area contributed by atoms with Crippen LogP contribution in [0.4, 0.5) is 28.4 Å². The van der Waals surface area contributed by atoms with E-state index in [2.05, 4.69) is 180 Å². The van der Waals surface area contributed by atoms with E-state index in [1.807, 2.05) is 0 Å². The summed E-state index contributed by atoms with van der Waals surface area (Å²) in [7, 11) is 0. The van der Waals surface area contributed by atoms with Gasteiger partial charge >= 0.3 is 0 Å². The quantitative estimate of drug-likeness (QED) is 0.145. The van der Waals surface area contributed by atoms with Gasteiger partial charge in [-0.25, -0.2) is 0 Å². The minimum Gasteiger partial charge on any atom is -0.314 e. The molecule has 0 N–H and O–H groups in total. The highest BCUT2D eigenvalue weighted by molar-refractivity contribution is 5.99. The van der Waals surface area contributed by atoms with Crippen LogP contribution in [0.15, 0.2) is 164 Å². The first kappa shape index (κ1) is 36.5. The second-order valence-electron chi connectivity index (χ2n) is 16.9. The van der Waals surface area contributed by atoms with Gasteiger partial charge in [0.15, 0.2) is 0 Å². The Kier molecular flexibility index (Phi) is 10.4. The van der Waals surface area contributed by atoms with Crippen molar-refractivity contribution in [2.75, 3.05) is 9.80 Å². The summed E-state index contributed by atoms with van der Waals surface area (Å²) in [6.45, 7) is 0. The standard InChI is InChI=1S/C56H54N2/c1-3-13-41(14-4-1)43-25-33-49(34-26-43)57(55-23-11-19-47-17-7-9-21-53(47)55)51-37-29-45(30-38-51)46-31-39-52(40-32-46)58(56-24-12-20-48-18-8-10-22-54(48)56)50-35-27-44(28-36-50)42-15-5-2-6-16-42/h7-11,17-23,25-42H,1-6,12-16,24H2.